The van der Waals surface area contributed by atoms with Gasteiger partial charge in [-0.25, -0.2) is 0 Å². The van der Waals surface area contributed by atoms with E-state index in [-0.39, 0.29) is 0 Å². The Morgan fingerprint density at radius 3 is 2.42 bits per heavy atom. The van der Waals surface area contributed by atoms with Crippen molar-refractivity contribution in [2.24, 2.45) is 11.7 Å². The third-order valence-electron chi connectivity index (χ3n) is 3.42. The lowest BCUT2D eigenvalue weighted by Gasteiger charge is -2.16. The van der Waals surface area contributed by atoms with E-state index < -0.39 is 0 Å². The average Bonchev–Trinajstić information content (AvgIpc) is 2.42. The maximum atomic E-state index is 6.29. The van der Waals surface area contributed by atoms with Crippen LogP contribution in [0.15, 0.2) is 48.5 Å². The molecule has 1 atom stereocenters. The highest BCUT2D eigenvalue weighted by molar-refractivity contribution is 6.31. The molecule has 2 aromatic rings. The topological polar surface area (TPSA) is 26.0 Å². The van der Waals surface area contributed by atoms with Gasteiger partial charge in [0.25, 0.3) is 0 Å². The van der Waals surface area contributed by atoms with E-state index in [0.717, 1.165) is 17.9 Å². The van der Waals surface area contributed by atoms with Crippen molar-refractivity contribution in [3.8, 4) is 0 Å². The van der Waals surface area contributed by atoms with Gasteiger partial charge in [-0.05, 0) is 55.0 Å². The monoisotopic (exact) mass is 273 g/mol. The fourth-order valence-electron chi connectivity index (χ4n) is 2.32. The number of hydrogen-bond donors (Lipinski definition) is 1. The van der Waals surface area contributed by atoms with E-state index in [0.29, 0.717) is 12.5 Å². The van der Waals surface area contributed by atoms with E-state index in [2.05, 4.69) is 43.3 Å². The van der Waals surface area contributed by atoms with Gasteiger partial charge in [-0.2, -0.15) is 0 Å². The van der Waals surface area contributed by atoms with Crippen LogP contribution in [0, 0.1) is 12.8 Å². The fraction of sp³-hybridized carbons (Fsp3) is 0.294. The number of hydrogen-bond acceptors (Lipinski definition) is 1. The molecule has 0 amide bonds. The molecule has 0 aliphatic rings. The Labute approximate surface area is 120 Å². The van der Waals surface area contributed by atoms with Gasteiger partial charge in [0.2, 0.25) is 0 Å². The lowest BCUT2D eigenvalue weighted by molar-refractivity contribution is 0.533. The molecule has 0 aliphatic carbocycles. The molecule has 0 fully saturated rings. The summed E-state index contributed by atoms with van der Waals surface area (Å²) in [5, 5.41) is 0.853. The molecule has 0 saturated heterocycles. The first-order valence-corrected chi connectivity index (χ1v) is 7.06. The highest BCUT2D eigenvalue weighted by Gasteiger charge is 2.11. The Balaban J connectivity index is 2.06. The highest BCUT2D eigenvalue weighted by atomic mass is 35.5. The highest BCUT2D eigenvalue weighted by Crippen LogP contribution is 2.22. The van der Waals surface area contributed by atoms with Crippen molar-refractivity contribution < 1.29 is 0 Å². The van der Waals surface area contributed by atoms with Crippen LogP contribution in [0.3, 0.4) is 0 Å². The normalized spacial score (nSPS) is 12.4. The molecule has 1 nitrogen and oxygen atoms in total. The molecule has 0 heterocycles. The number of nitrogens with two attached hydrogens (primary N) is 1. The van der Waals surface area contributed by atoms with E-state index in [1.54, 1.807) is 0 Å². The molecular formula is C17H20ClN. The van der Waals surface area contributed by atoms with Crippen LogP contribution in [0.25, 0.3) is 0 Å². The summed E-state index contributed by atoms with van der Waals surface area (Å²) in [6.45, 7) is 2.74. The second-order valence-corrected chi connectivity index (χ2v) is 5.50. The Morgan fingerprint density at radius 1 is 1.05 bits per heavy atom. The summed E-state index contributed by atoms with van der Waals surface area (Å²) in [7, 11) is 0. The minimum Gasteiger partial charge on any atom is -0.330 e. The standard InChI is InChI=1S/C17H20ClN/c1-13-7-8-16(17(18)9-13)11-15(12-19)10-14-5-3-2-4-6-14/h2-9,15H,10-12,19H2,1H3. The van der Waals surface area contributed by atoms with Gasteiger partial charge in [-0.15, -0.1) is 0 Å². The summed E-state index contributed by atoms with van der Waals surface area (Å²) in [4.78, 5) is 0. The number of halogens is 1. The van der Waals surface area contributed by atoms with Gasteiger partial charge in [0.15, 0.2) is 0 Å². The molecular weight excluding hydrogens is 254 g/mol. The molecule has 19 heavy (non-hydrogen) atoms. The van der Waals surface area contributed by atoms with Gasteiger partial charge < -0.3 is 5.73 Å². The Kier molecular flexibility index (Phi) is 5.00. The van der Waals surface area contributed by atoms with Crippen LogP contribution in [0.5, 0.6) is 0 Å². The maximum Gasteiger partial charge on any atom is 0.0440 e. The van der Waals surface area contributed by atoms with Crippen LogP contribution >= 0.6 is 11.6 Å². The molecule has 2 rings (SSSR count). The zero-order valence-corrected chi connectivity index (χ0v) is 12.0. The van der Waals surface area contributed by atoms with Crippen molar-refractivity contribution in [1.29, 1.82) is 0 Å². The summed E-state index contributed by atoms with van der Waals surface area (Å²) < 4.78 is 0. The first kappa shape index (κ1) is 14.1. The lowest BCUT2D eigenvalue weighted by atomic mass is 9.92. The molecule has 0 spiro atoms. The van der Waals surface area contributed by atoms with Gasteiger partial charge in [-0.3, -0.25) is 0 Å². The van der Waals surface area contributed by atoms with Crippen LogP contribution in [-0.2, 0) is 12.8 Å². The van der Waals surface area contributed by atoms with E-state index in [1.165, 1.54) is 16.7 Å². The first-order chi connectivity index (χ1) is 9.19. The van der Waals surface area contributed by atoms with E-state index >= 15 is 0 Å². The van der Waals surface area contributed by atoms with Gasteiger partial charge in [-0.1, -0.05) is 54.1 Å². The summed E-state index contributed by atoms with van der Waals surface area (Å²) in [6.07, 6.45) is 1.94. The van der Waals surface area contributed by atoms with Crippen LogP contribution in [0.2, 0.25) is 5.02 Å². The van der Waals surface area contributed by atoms with Crippen LogP contribution in [0.4, 0.5) is 0 Å². The molecule has 0 bridgehead atoms. The second kappa shape index (κ2) is 6.74. The van der Waals surface area contributed by atoms with Crippen molar-refractivity contribution in [3.05, 3.63) is 70.2 Å². The van der Waals surface area contributed by atoms with Crippen molar-refractivity contribution in [2.45, 2.75) is 19.8 Å². The Hall–Kier alpha value is -1.31. The van der Waals surface area contributed by atoms with Crippen LogP contribution in [-0.4, -0.2) is 6.54 Å². The first-order valence-electron chi connectivity index (χ1n) is 6.68. The zero-order valence-electron chi connectivity index (χ0n) is 11.3. The predicted molar refractivity (Wildman–Crippen MR) is 82.6 cm³/mol. The van der Waals surface area contributed by atoms with Gasteiger partial charge in [0.1, 0.15) is 0 Å². The Bertz CT molecular complexity index is 522. The van der Waals surface area contributed by atoms with Gasteiger partial charge in [0.05, 0.1) is 0 Å². The molecule has 0 aromatic heterocycles. The van der Waals surface area contributed by atoms with Crippen molar-refractivity contribution in [1.82, 2.24) is 0 Å². The van der Waals surface area contributed by atoms with Crippen molar-refractivity contribution in [3.63, 3.8) is 0 Å². The van der Waals surface area contributed by atoms with E-state index in [1.807, 2.05) is 12.1 Å². The Morgan fingerprint density at radius 2 is 1.79 bits per heavy atom. The molecule has 100 valence electrons. The smallest absolute Gasteiger partial charge is 0.0440 e. The number of aryl methyl sites for hydroxylation is 1. The maximum absolute atomic E-state index is 6.29. The number of benzene rings is 2. The van der Waals surface area contributed by atoms with Crippen molar-refractivity contribution in [2.75, 3.05) is 6.54 Å². The van der Waals surface area contributed by atoms with Gasteiger partial charge >= 0.3 is 0 Å². The minimum absolute atomic E-state index is 0.433. The summed E-state index contributed by atoms with van der Waals surface area (Å²) in [5.41, 5.74) is 9.63. The third kappa shape index (κ3) is 4.09. The lowest BCUT2D eigenvalue weighted by Crippen LogP contribution is -2.19. The molecule has 2 aromatic carbocycles. The third-order valence-corrected chi connectivity index (χ3v) is 3.77. The number of rotatable bonds is 5. The molecule has 2 N–H and O–H groups in total. The predicted octanol–water partition coefficient (Wildman–Crippen LogP) is 4.01. The summed E-state index contributed by atoms with van der Waals surface area (Å²) in [5.74, 6) is 0.433. The molecule has 0 aliphatic heterocycles. The summed E-state index contributed by atoms with van der Waals surface area (Å²) >= 11 is 6.29. The van der Waals surface area contributed by atoms with Gasteiger partial charge in [0, 0.05) is 5.02 Å². The average molecular weight is 274 g/mol. The van der Waals surface area contributed by atoms with Crippen LogP contribution in [0.1, 0.15) is 16.7 Å². The summed E-state index contributed by atoms with van der Waals surface area (Å²) in [6, 6.07) is 16.7. The van der Waals surface area contributed by atoms with Crippen LogP contribution < -0.4 is 5.73 Å². The zero-order chi connectivity index (χ0) is 13.7. The largest absolute Gasteiger partial charge is 0.330 e. The SMILES string of the molecule is Cc1ccc(CC(CN)Cc2ccccc2)c(Cl)c1. The van der Waals surface area contributed by atoms with Crippen molar-refractivity contribution >= 4 is 11.6 Å². The van der Waals surface area contributed by atoms with E-state index in [9.17, 15) is 0 Å². The second-order valence-electron chi connectivity index (χ2n) is 5.09. The van der Waals surface area contributed by atoms with E-state index in [4.69, 9.17) is 17.3 Å². The quantitative estimate of drug-likeness (QED) is 0.875. The minimum atomic E-state index is 0.433. The fourth-order valence-corrected chi connectivity index (χ4v) is 2.63. The molecule has 0 radical (unpaired) electrons. The molecule has 0 saturated carbocycles. The molecule has 2 heteroatoms. The molecule has 1 unspecified atom stereocenters.